The van der Waals surface area contributed by atoms with E-state index in [-0.39, 0.29) is 12.3 Å². The maximum atomic E-state index is 10.9. The van der Waals surface area contributed by atoms with Crippen molar-refractivity contribution in [3.63, 3.8) is 0 Å². The molecule has 1 heterocycles. The van der Waals surface area contributed by atoms with Crippen molar-refractivity contribution in [1.29, 1.82) is 0 Å². The Morgan fingerprint density at radius 3 is 2.88 bits per heavy atom. The lowest BCUT2D eigenvalue weighted by atomic mass is 10.0. The van der Waals surface area contributed by atoms with Crippen molar-refractivity contribution in [2.45, 2.75) is 32.7 Å². The van der Waals surface area contributed by atoms with Crippen LogP contribution in [0.2, 0.25) is 0 Å². The smallest absolute Gasteiger partial charge is 0.226 e. The van der Waals surface area contributed by atoms with Gasteiger partial charge in [-0.1, -0.05) is 0 Å². The minimum atomic E-state index is -0.489. The fraction of sp³-hybridized carbons (Fsp3) is 0.545. The molecule has 0 atom stereocenters. The minimum Gasteiger partial charge on any atom is -0.478 e. The first-order valence-corrected chi connectivity index (χ1v) is 5.45. The third-order valence-corrected chi connectivity index (χ3v) is 1.99. The standard InChI is InChI=1S/C11H18N4O2/c1-4-17-9-5-6-13-10(14-9)15-11(2,3)7-8(12)16/h5-6H,4,7H2,1-3H3,(H2,12,16)(H,13,14,15). The number of carbonyl (C=O) groups is 1. The molecule has 1 amide bonds. The Labute approximate surface area is 101 Å². The topological polar surface area (TPSA) is 90.1 Å². The molecule has 0 aliphatic rings. The summed E-state index contributed by atoms with van der Waals surface area (Å²) in [6.45, 7) is 6.14. The Morgan fingerprint density at radius 2 is 2.29 bits per heavy atom. The van der Waals surface area contributed by atoms with Crippen molar-refractivity contribution < 1.29 is 9.53 Å². The predicted octanol–water partition coefficient (Wildman–Crippen LogP) is 0.941. The third-order valence-electron chi connectivity index (χ3n) is 1.99. The van der Waals surface area contributed by atoms with Gasteiger partial charge in [-0.15, -0.1) is 0 Å². The summed E-state index contributed by atoms with van der Waals surface area (Å²) >= 11 is 0. The van der Waals surface area contributed by atoms with Gasteiger partial charge in [0, 0.05) is 24.2 Å². The van der Waals surface area contributed by atoms with Crippen LogP contribution in [0.3, 0.4) is 0 Å². The van der Waals surface area contributed by atoms with E-state index in [0.29, 0.717) is 18.4 Å². The summed E-state index contributed by atoms with van der Waals surface area (Å²) in [5.41, 5.74) is 4.68. The molecule has 0 fully saturated rings. The molecule has 3 N–H and O–H groups in total. The number of amides is 1. The van der Waals surface area contributed by atoms with Gasteiger partial charge in [0.2, 0.25) is 17.7 Å². The Hall–Kier alpha value is -1.85. The van der Waals surface area contributed by atoms with Gasteiger partial charge in [-0.25, -0.2) is 4.98 Å². The zero-order valence-corrected chi connectivity index (χ0v) is 10.4. The summed E-state index contributed by atoms with van der Waals surface area (Å²) < 4.78 is 5.26. The van der Waals surface area contributed by atoms with Crippen molar-refractivity contribution in [3.8, 4) is 5.88 Å². The molecule has 6 nitrogen and oxygen atoms in total. The third kappa shape index (κ3) is 4.67. The summed E-state index contributed by atoms with van der Waals surface area (Å²) in [4.78, 5) is 19.1. The number of aromatic nitrogens is 2. The number of carbonyl (C=O) groups excluding carboxylic acids is 1. The molecule has 94 valence electrons. The van der Waals surface area contributed by atoms with Crippen LogP contribution in [-0.4, -0.2) is 28.0 Å². The van der Waals surface area contributed by atoms with E-state index in [2.05, 4.69) is 15.3 Å². The summed E-state index contributed by atoms with van der Waals surface area (Å²) in [6.07, 6.45) is 1.80. The number of nitrogens with two attached hydrogens (primary N) is 1. The summed E-state index contributed by atoms with van der Waals surface area (Å²) in [5.74, 6) is 0.547. The molecule has 0 spiro atoms. The van der Waals surface area contributed by atoms with Crippen LogP contribution in [0, 0.1) is 0 Å². The lowest BCUT2D eigenvalue weighted by Gasteiger charge is -2.24. The number of rotatable bonds is 6. The van der Waals surface area contributed by atoms with E-state index in [1.54, 1.807) is 12.3 Å². The van der Waals surface area contributed by atoms with E-state index in [1.807, 2.05) is 20.8 Å². The highest BCUT2D eigenvalue weighted by molar-refractivity contribution is 5.75. The highest BCUT2D eigenvalue weighted by atomic mass is 16.5. The van der Waals surface area contributed by atoms with Crippen LogP contribution in [0.25, 0.3) is 0 Å². The molecule has 0 radical (unpaired) electrons. The van der Waals surface area contributed by atoms with Crippen LogP contribution in [0.5, 0.6) is 5.88 Å². The number of ether oxygens (including phenoxy) is 1. The summed E-state index contributed by atoms with van der Waals surface area (Å²) in [7, 11) is 0. The molecule has 0 aromatic carbocycles. The first-order chi connectivity index (χ1) is 7.93. The first kappa shape index (κ1) is 13.2. The molecule has 0 bridgehead atoms. The molecule has 0 saturated carbocycles. The van der Waals surface area contributed by atoms with Crippen LogP contribution in [0.4, 0.5) is 5.95 Å². The molecule has 0 unspecified atom stereocenters. The van der Waals surface area contributed by atoms with Crippen molar-refractivity contribution in [2.24, 2.45) is 5.73 Å². The Bertz CT molecular complexity index is 393. The molecule has 0 saturated heterocycles. The van der Waals surface area contributed by atoms with Gasteiger partial charge < -0.3 is 15.8 Å². The van der Waals surface area contributed by atoms with E-state index in [9.17, 15) is 4.79 Å². The van der Waals surface area contributed by atoms with E-state index in [0.717, 1.165) is 0 Å². The Balaban J connectivity index is 2.73. The van der Waals surface area contributed by atoms with Crippen molar-refractivity contribution in [3.05, 3.63) is 12.3 Å². The molecule has 0 aliphatic heterocycles. The highest BCUT2D eigenvalue weighted by Crippen LogP contribution is 2.16. The van der Waals surface area contributed by atoms with Gasteiger partial charge in [0.25, 0.3) is 0 Å². The van der Waals surface area contributed by atoms with E-state index in [4.69, 9.17) is 10.5 Å². The fourth-order valence-electron chi connectivity index (χ4n) is 1.41. The largest absolute Gasteiger partial charge is 0.478 e. The monoisotopic (exact) mass is 238 g/mol. The molecule has 1 aromatic rings. The van der Waals surface area contributed by atoms with Gasteiger partial charge in [-0.05, 0) is 20.8 Å². The van der Waals surface area contributed by atoms with Crippen LogP contribution >= 0.6 is 0 Å². The van der Waals surface area contributed by atoms with Crippen LogP contribution in [-0.2, 0) is 4.79 Å². The average molecular weight is 238 g/mol. The average Bonchev–Trinajstić information content (AvgIpc) is 2.15. The molecule has 17 heavy (non-hydrogen) atoms. The van der Waals surface area contributed by atoms with Gasteiger partial charge in [0.15, 0.2) is 0 Å². The summed E-state index contributed by atoms with van der Waals surface area (Å²) in [6, 6.07) is 1.68. The number of hydrogen-bond acceptors (Lipinski definition) is 5. The number of anilines is 1. The van der Waals surface area contributed by atoms with Crippen LogP contribution in [0.15, 0.2) is 12.3 Å². The second-order valence-electron chi connectivity index (χ2n) is 4.30. The van der Waals surface area contributed by atoms with E-state index < -0.39 is 5.54 Å². The molecule has 6 heteroatoms. The Kier molecular flexibility index (Phi) is 4.25. The zero-order chi connectivity index (χ0) is 12.9. The Morgan fingerprint density at radius 1 is 1.59 bits per heavy atom. The first-order valence-electron chi connectivity index (χ1n) is 5.45. The van der Waals surface area contributed by atoms with Gasteiger partial charge in [0.05, 0.1) is 6.61 Å². The molecule has 1 rings (SSSR count). The number of nitrogens with one attached hydrogen (secondary N) is 1. The van der Waals surface area contributed by atoms with Gasteiger partial charge in [0.1, 0.15) is 0 Å². The maximum Gasteiger partial charge on any atom is 0.226 e. The normalized spacial score (nSPS) is 11.0. The highest BCUT2D eigenvalue weighted by Gasteiger charge is 2.21. The summed E-state index contributed by atoms with van der Waals surface area (Å²) in [5, 5.41) is 3.05. The van der Waals surface area contributed by atoms with Gasteiger partial charge in [-0.2, -0.15) is 4.98 Å². The van der Waals surface area contributed by atoms with Crippen molar-refractivity contribution in [2.75, 3.05) is 11.9 Å². The molecule has 1 aromatic heterocycles. The number of hydrogen-bond donors (Lipinski definition) is 2. The van der Waals surface area contributed by atoms with Crippen molar-refractivity contribution >= 4 is 11.9 Å². The molecule has 0 aliphatic carbocycles. The van der Waals surface area contributed by atoms with Crippen LogP contribution in [0.1, 0.15) is 27.2 Å². The lowest BCUT2D eigenvalue weighted by molar-refractivity contribution is -0.118. The van der Waals surface area contributed by atoms with Gasteiger partial charge >= 0.3 is 0 Å². The number of nitrogens with zero attached hydrogens (tertiary/aromatic N) is 2. The minimum absolute atomic E-state index is 0.204. The second kappa shape index (κ2) is 5.47. The molecular weight excluding hydrogens is 220 g/mol. The molecular formula is C11H18N4O2. The quantitative estimate of drug-likeness (QED) is 0.769. The second-order valence-corrected chi connectivity index (χ2v) is 4.30. The predicted molar refractivity (Wildman–Crippen MR) is 64.7 cm³/mol. The zero-order valence-electron chi connectivity index (χ0n) is 10.4. The SMILES string of the molecule is CCOc1ccnc(NC(C)(C)CC(N)=O)n1. The number of primary amides is 1. The fourth-order valence-corrected chi connectivity index (χ4v) is 1.41. The van der Waals surface area contributed by atoms with Crippen LogP contribution < -0.4 is 15.8 Å². The lowest BCUT2D eigenvalue weighted by Crippen LogP contribution is -2.36. The van der Waals surface area contributed by atoms with E-state index in [1.165, 1.54) is 0 Å². The van der Waals surface area contributed by atoms with Gasteiger partial charge in [-0.3, -0.25) is 4.79 Å². The van der Waals surface area contributed by atoms with Crippen molar-refractivity contribution in [1.82, 2.24) is 9.97 Å². The van der Waals surface area contributed by atoms with E-state index >= 15 is 0 Å². The maximum absolute atomic E-state index is 10.9.